The van der Waals surface area contributed by atoms with Crippen molar-refractivity contribution in [3.05, 3.63) is 56.0 Å². The van der Waals surface area contributed by atoms with Crippen molar-refractivity contribution >= 4 is 46.4 Å². The first-order valence-electron chi connectivity index (χ1n) is 5.08. The van der Waals surface area contributed by atoms with Gasteiger partial charge < -0.3 is 5.11 Å². The van der Waals surface area contributed by atoms with Crippen LogP contribution < -0.4 is 0 Å². The third kappa shape index (κ3) is 2.47. The monoisotopic (exact) mass is 320 g/mol. The van der Waals surface area contributed by atoms with Crippen LogP contribution >= 0.6 is 46.4 Å². The summed E-state index contributed by atoms with van der Waals surface area (Å²) in [5.41, 5.74) is 2.04. The molecule has 0 spiro atoms. The van der Waals surface area contributed by atoms with Crippen molar-refractivity contribution in [1.82, 2.24) is 0 Å². The number of benzene rings is 2. The molecule has 0 aliphatic rings. The largest absolute Gasteiger partial charge is 0.392 e. The molecule has 94 valence electrons. The lowest BCUT2D eigenvalue weighted by molar-refractivity contribution is 0.282. The van der Waals surface area contributed by atoms with Gasteiger partial charge in [0.1, 0.15) is 0 Å². The highest BCUT2D eigenvalue weighted by molar-refractivity contribution is 6.49. The molecule has 0 bridgehead atoms. The molecular weight excluding hydrogens is 314 g/mol. The second kappa shape index (κ2) is 5.68. The SMILES string of the molecule is OCc1cccc(-c2ccc(Cl)c(Cl)c2Cl)c1Cl. The number of aliphatic hydroxyl groups excluding tert-OH is 1. The Morgan fingerprint density at radius 2 is 1.44 bits per heavy atom. The van der Waals surface area contributed by atoms with Gasteiger partial charge in [-0.3, -0.25) is 0 Å². The molecule has 0 aliphatic carbocycles. The molecule has 0 saturated heterocycles. The predicted octanol–water partition coefficient (Wildman–Crippen LogP) is 5.46. The maximum absolute atomic E-state index is 9.19. The molecule has 1 nitrogen and oxygen atoms in total. The van der Waals surface area contributed by atoms with E-state index in [0.717, 1.165) is 0 Å². The van der Waals surface area contributed by atoms with Crippen molar-refractivity contribution in [1.29, 1.82) is 0 Å². The molecule has 0 atom stereocenters. The van der Waals surface area contributed by atoms with E-state index in [1.54, 1.807) is 24.3 Å². The zero-order chi connectivity index (χ0) is 13.3. The highest BCUT2D eigenvalue weighted by Gasteiger charge is 2.14. The van der Waals surface area contributed by atoms with Gasteiger partial charge in [-0.15, -0.1) is 0 Å². The van der Waals surface area contributed by atoms with E-state index in [4.69, 9.17) is 46.4 Å². The highest BCUT2D eigenvalue weighted by Crippen LogP contribution is 2.41. The Bertz CT molecular complexity index is 596. The first-order valence-corrected chi connectivity index (χ1v) is 6.59. The molecule has 2 aromatic carbocycles. The van der Waals surface area contributed by atoms with Crippen LogP contribution in [0.1, 0.15) is 5.56 Å². The summed E-state index contributed by atoms with van der Waals surface area (Å²) in [5.74, 6) is 0. The zero-order valence-corrected chi connectivity index (χ0v) is 12.1. The van der Waals surface area contributed by atoms with Crippen molar-refractivity contribution in [2.75, 3.05) is 0 Å². The van der Waals surface area contributed by atoms with Gasteiger partial charge in [-0.2, -0.15) is 0 Å². The van der Waals surface area contributed by atoms with E-state index in [1.807, 2.05) is 6.07 Å². The average molecular weight is 322 g/mol. The summed E-state index contributed by atoms with van der Waals surface area (Å²) in [5, 5.41) is 10.7. The molecule has 0 aromatic heterocycles. The normalized spacial score (nSPS) is 10.7. The molecule has 0 unspecified atom stereocenters. The molecular formula is C13H8Cl4O. The van der Waals surface area contributed by atoms with Gasteiger partial charge in [0.05, 0.1) is 26.7 Å². The van der Waals surface area contributed by atoms with Crippen LogP contribution in [0.5, 0.6) is 0 Å². The third-order valence-corrected chi connectivity index (χ3v) is 4.31. The van der Waals surface area contributed by atoms with Crippen molar-refractivity contribution in [3.8, 4) is 11.1 Å². The molecule has 18 heavy (non-hydrogen) atoms. The minimum absolute atomic E-state index is 0.133. The van der Waals surface area contributed by atoms with Gasteiger partial charge >= 0.3 is 0 Å². The molecule has 0 fully saturated rings. The Balaban J connectivity index is 2.66. The highest BCUT2D eigenvalue weighted by atomic mass is 35.5. The van der Waals surface area contributed by atoms with Crippen molar-refractivity contribution in [2.45, 2.75) is 6.61 Å². The molecule has 0 heterocycles. The molecule has 0 aliphatic heterocycles. The van der Waals surface area contributed by atoms with E-state index in [0.29, 0.717) is 36.8 Å². The van der Waals surface area contributed by atoms with E-state index < -0.39 is 0 Å². The summed E-state index contributed by atoms with van der Waals surface area (Å²) in [6.07, 6.45) is 0. The van der Waals surface area contributed by atoms with E-state index in [-0.39, 0.29) is 6.61 Å². The Hall–Kier alpha value is -0.440. The standard InChI is InChI=1S/C13H8Cl4O/c14-10-5-4-9(12(16)13(10)17)8-3-1-2-7(6-18)11(8)15/h1-5,18H,6H2. The van der Waals surface area contributed by atoms with Crippen molar-refractivity contribution in [2.24, 2.45) is 0 Å². The van der Waals surface area contributed by atoms with E-state index in [9.17, 15) is 5.11 Å². The summed E-state index contributed by atoms with van der Waals surface area (Å²) >= 11 is 24.3. The van der Waals surface area contributed by atoms with Crippen LogP contribution in [0.4, 0.5) is 0 Å². The van der Waals surface area contributed by atoms with Crippen LogP contribution in [-0.2, 0) is 6.61 Å². The Morgan fingerprint density at radius 3 is 2.11 bits per heavy atom. The Kier molecular flexibility index (Phi) is 4.41. The van der Waals surface area contributed by atoms with E-state index in [1.165, 1.54) is 0 Å². The van der Waals surface area contributed by atoms with Crippen LogP contribution in [0.2, 0.25) is 20.1 Å². The number of rotatable bonds is 2. The fourth-order valence-electron chi connectivity index (χ4n) is 1.64. The number of aliphatic hydroxyl groups is 1. The summed E-state index contributed by atoms with van der Waals surface area (Å²) in [6, 6.07) is 8.77. The first-order chi connectivity index (χ1) is 8.56. The molecule has 1 N–H and O–H groups in total. The fourth-order valence-corrected chi connectivity index (χ4v) is 2.57. The molecule has 0 saturated carbocycles. The number of hydrogen-bond acceptors (Lipinski definition) is 1. The predicted molar refractivity (Wildman–Crippen MR) is 77.8 cm³/mol. The topological polar surface area (TPSA) is 20.2 Å². The van der Waals surface area contributed by atoms with Gasteiger partial charge in [-0.1, -0.05) is 70.7 Å². The Labute approximate surface area is 125 Å². The summed E-state index contributed by atoms with van der Waals surface area (Å²) < 4.78 is 0. The molecule has 5 heteroatoms. The van der Waals surface area contributed by atoms with Crippen LogP contribution in [0, 0.1) is 0 Å². The van der Waals surface area contributed by atoms with Crippen LogP contribution in [0.25, 0.3) is 11.1 Å². The smallest absolute Gasteiger partial charge is 0.0784 e. The third-order valence-electron chi connectivity index (χ3n) is 2.57. The van der Waals surface area contributed by atoms with Gasteiger partial charge in [-0.25, -0.2) is 0 Å². The lowest BCUT2D eigenvalue weighted by Crippen LogP contribution is -1.89. The first kappa shape index (κ1) is 14.0. The van der Waals surface area contributed by atoms with Gasteiger partial charge in [0.2, 0.25) is 0 Å². The molecule has 2 aromatic rings. The van der Waals surface area contributed by atoms with Crippen LogP contribution in [-0.4, -0.2) is 5.11 Å². The van der Waals surface area contributed by atoms with Gasteiger partial charge in [0, 0.05) is 11.1 Å². The Morgan fingerprint density at radius 1 is 0.778 bits per heavy atom. The number of halogens is 4. The van der Waals surface area contributed by atoms with E-state index >= 15 is 0 Å². The minimum atomic E-state index is -0.133. The number of hydrogen-bond donors (Lipinski definition) is 1. The van der Waals surface area contributed by atoms with Crippen molar-refractivity contribution in [3.63, 3.8) is 0 Å². The summed E-state index contributed by atoms with van der Waals surface area (Å²) in [6.45, 7) is -0.133. The fraction of sp³-hybridized carbons (Fsp3) is 0.0769. The molecule has 2 rings (SSSR count). The summed E-state index contributed by atoms with van der Waals surface area (Å²) in [7, 11) is 0. The van der Waals surface area contributed by atoms with Gasteiger partial charge in [0.25, 0.3) is 0 Å². The lowest BCUT2D eigenvalue weighted by Gasteiger charge is -2.11. The zero-order valence-electron chi connectivity index (χ0n) is 9.05. The molecule has 0 radical (unpaired) electrons. The second-order valence-corrected chi connectivity index (χ2v) is 5.20. The van der Waals surface area contributed by atoms with Crippen molar-refractivity contribution < 1.29 is 5.11 Å². The maximum Gasteiger partial charge on any atom is 0.0784 e. The van der Waals surface area contributed by atoms with Crippen LogP contribution in [0.3, 0.4) is 0 Å². The quantitative estimate of drug-likeness (QED) is 0.728. The lowest BCUT2D eigenvalue weighted by atomic mass is 10.0. The maximum atomic E-state index is 9.19. The summed E-state index contributed by atoms with van der Waals surface area (Å²) in [4.78, 5) is 0. The van der Waals surface area contributed by atoms with Gasteiger partial charge in [-0.05, 0) is 11.6 Å². The average Bonchev–Trinajstić information content (AvgIpc) is 2.37. The van der Waals surface area contributed by atoms with E-state index in [2.05, 4.69) is 0 Å². The van der Waals surface area contributed by atoms with Crippen LogP contribution in [0.15, 0.2) is 30.3 Å². The van der Waals surface area contributed by atoms with Gasteiger partial charge in [0.15, 0.2) is 0 Å². The second-order valence-electron chi connectivity index (χ2n) is 3.66. The molecule has 0 amide bonds. The minimum Gasteiger partial charge on any atom is -0.392 e.